The lowest BCUT2D eigenvalue weighted by Crippen LogP contribution is -2.33. The van der Waals surface area contributed by atoms with Gasteiger partial charge in [-0.1, -0.05) is 31.7 Å². The minimum absolute atomic E-state index is 0. The summed E-state index contributed by atoms with van der Waals surface area (Å²) in [6.07, 6.45) is 1.63. The molecule has 31 heavy (non-hydrogen) atoms. The number of fused-ring (bicyclic) bond motifs is 1. The zero-order chi connectivity index (χ0) is 21.8. The van der Waals surface area contributed by atoms with Gasteiger partial charge in [-0.3, -0.25) is 10.2 Å². The number of rotatable bonds is 8. The van der Waals surface area contributed by atoms with E-state index >= 15 is 0 Å². The standard InChI is InChI=1S/C23H30N6O.CH4/c1-27(2)13-14-28(3)23(30)18-10-11-20-19(15-18)26-21(29(20)4)12-7-16-5-8-17(9-6-16)22(24)25;/h5-6,8-11,15H,7,12-14H2,1-4H3,(H3,24,25);1H4. The highest BCUT2D eigenvalue weighted by Crippen LogP contribution is 2.19. The summed E-state index contributed by atoms with van der Waals surface area (Å²) in [6.45, 7) is 1.51. The van der Waals surface area contributed by atoms with E-state index in [1.165, 1.54) is 5.56 Å². The summed E-state index contributed by atoms with van der Waals surface area (Å²) >= 11 is 0. The van der Waals surface area contributed by atoms with Gasteiger partial charge in [0, 0.05) is 44.7 Å². The molecule has 1 aromatic heterocycles. The smallest absolute Gasteiger partial charge is 0.253 e. The van der Waals surface area contributed by atoms with Crippen LogP contribution < -0.4 is 5.73 Å². The van der Waals surface area contributed by atoms with Crippen molar-refractivity contribution in [2.24, 2.45) is 12.8 Å². The Balaban J connectivity index is 0.00000341. The Morgan fingerprint density at radius 3 is 2.29 bits per heavy atom. The van der Waals surface area contributed by atoms with Gasteiger partial charge in [0.2, 0.25) is 0 Å². The summed E-state index contributed by atoms with van der Waals surface area (Å²) in [5.41, 5.74) is 9.93. The zero-order valence-electron chi connectivity index (χ0n) is 18.1. The van der Waals surface area contributed by atoms with Crippen LogP contribution in [0.1, 0.15) is 34.7 Å². The van der Waals surface area contributed by atoms with E-state index in [2.05, 4.69) is 9.47 Å². The van der Waals surface area contributed by atoms with Crippen LogP contribution >= 0.6 is 0 Å². The van der Waals surface area contributed by atoms with E-state index in [4.69, 9.17) is 16.1 Å². The van der Waals surface area contributed by atoms with Crippen LogP contribution in [0.5, 0.6) is 0 Å². The molecule has 0 bridgehead atoms. The average Bonchev–Trinajstić information content (AvgIpc) is 3.05. The van der Waals surface area contributed by atoms with Crippen LogP contribution in [0.3, 0.4) is 0 Å². The molecule has 0 saturated carbocycles. The molecular weight excluding hydrogens is 388 g/mol. The number of hydrogen-bond acceptors (Lipinski definition) is 4. The van der Waals surface area contributed by atoms with Gasteiger partial charge in [-0.25, -0.2) is 4.98 Å². The van der Waals surface area contributed by atoms with Crippen molar-refractivity contribution in [3.63, 3.8) is 0 Å². The lowest BCUT2D eigenvalue weighted by atomic mass is 10.1. The molecule has 0 fully saturated rings. The number of imidazole rings is 1. The van der Waals surface area contributed by atoms with Gasteiger partial charge < -0.3 is 20.1 Å². The Bertz CT molecular complexity index is 1050. The number of amides is 1. The summed E-state index contributed by atoms with van der Waals surface area (Å²) in [6, 6.07) is 13.5. The number of likely N-dealkylation sites (N-methyl/N-ethyl adjacent to an activating group) is 2. The fourth-order valence-corrected chi connectivity index (χ4v) is 3.39. The van der Waals surface area contributed by atoms with Crippen molar-refractivity contribution in [1.82, 2.24) is 19.4 Å². The Morgan fingerprint density at radius 1 is 1.03 bits per heavy atom. The number of nitrogen functional groups attached to an aromatic ring is 1. The van der Waals surface area contributed by atoms with Crippen molar-refractivity contribution in [3.8, 4) is 0 Å². The number of benzene rings is 2. The molecule has 3 N–H and O–H groups in total. The van der Waals surface area contributed by atoms with Gasteiger partial charge in [-0.15, -0.1) is 0 Å². The third-order valence-electron chi connectivity index (χ3n) is 5.35. The SMILES string of the molecule is C.CN(C)CCN(C)C(=O)c1ccc2c(c1)nc(CCc1ccc(C(=N)N)cc1)n2C. The van der Waals surface area contributed by atoms with Crippen LogP contribution in [0.15, 0.2) is 42.5 Å². The summed E-state index contributed by atoms with van der Waals surface area (Å²) < 4.78 is 2.09. The minimum Gasteiger partial charge on any atom is -0.384 e. The zero-order valence-corrected chi connectivity index (χ0v) is 18.1. The second-order valence-electron chi connectivity index (χ2n) is 7.93. The van der Waals surface area contributed by atoms with E-state index < -0.39 is 0 Å². The lowest BCUT2D eigenvalue weighted by molar-refractivity contribution is 0.0786. The Labute approximate surface area is 185 Å². The third-order valence-corrected chi connectivity index (χ3v) is 5.35. The molecule has 0 saturated heterocycles. The Kier molecular flexibility index (Phi) is 7.94. The summed E-state index contributed by atoms with van der Waals surface area (Å²) in [7, 11) is 7.83. The molecule has 2 aromatic carbocycles. The van der Waals surface area contributed by atoms with Crippen molar-refractivity contribution >= 4 is 22.8 Å². The summed E-state index contributed by atoms with van der Waals surface area (Å²) in [5.74, 6) is 1.07. The van der Waals surface area contributed by atoms with E-state index in [0.717, 1.165) is 41.8 Å². The number of aryl methyl sites for hydroxylation is 3. The largest absolute Gasteiger partial charge is 0.384 e. The van der Waals surface area contributed by atoms with Crippen LogP contribution in [-0.4, -0.2) is 65.3 Å². The molecule has 1 heterocycles. The molecule has 7 heteroatoms. The van der Waals surface area contributed by atoms with Gasteiger partial charge >= 0.3 is 0 Å². The van der Waals surface area contributed by atoms with Crippen molar-refractivity contribution in [1.29, 1.82) is 5.41 Å². The van der Waals surface area contributed by atoms with Gasteiger partial charge in [-0.2, -0.15) is 0 Å². The van der Waals surface area contributed by atoms with Crippen LogP contribution in [0.2, 0.25) is 0 Å². The van der Waals surface area contributed by atoms with Crippen molar-refractivity contribution < 1.29 is 4.79 Å². The number of carbonyl (C=O) groups excluding carboxylic acids is 1. The molecule has 0 radical (unpaired) electrons. The molecular formula is C24H34N6O. The maximum Gasteiger partial charge on any atom is 0.253 e. The fourth-order valence-electron chi connectivity index (χ4n) is 3.39. The Hall–Kier alpha value is -3.19. The highest BCUT2D eigenvalue weighted by atomic mass is 16.2. The molecule has 3 aromatic rings. The maximum atomic E-state index is 12.7. The maximum absolute atomic E-state index is 12.7. The predicted octanol–water partition coefficient (Wildman–Crippen LogP) is 2.91. The number of aromatic nitrogens is 2. The molecule has 1 amide bonds. The summed E-state index contributed by atoms with van der Waals surface area (Å²) in [4.78, 5) is 21.3. The molecule has 0 spiro atoms. The van der Waals surface area contributed by atoms with E-state index in [9.17, 15) is 4.79 Å². The first-order valence-electron chi connectivity index (χ1n) is 10.0. The first kappa shape index (κ1) is 24.1. The highest BCUT2D eigenvalue weighted by molar-refractivity contribution is 5.97. The molecule has 0 aliphatic heterocycles. The van der Waals surface area contributed by atoms with E-state index in [1.807, 2.05) is 70.7 Å². The molecule has 0 atom stereocenters. The van der Waals surface area contributed by atoms with Crippen molar-refractivity contribution in [3.05, 3.63) is 65.0 Å². The second kappa shape index (κ2) is 10.2. The van der Waals surface area contributed by atoms with Crippen LogP contribution in [0.25, 0.3) is 11.0 Å². The normalized spacial score (nSPS) is 10.9. The van der Waals surface area contributed by atoms with E-state index in [1.54, 1.807) is 4.90 Å². The van der Waals surface area contributed by atoms with Gasteiger partial charge in [0.15, 0.2) is 0 Å². The second-order valence-corrected chi connectivity index (χ2v) is 7.93. The van der Waals surface area contributed by atoms with Crippen LogP contribution in [0.4, 0.5) is 0 Å². The molecule has 0 aliphatic carbocycles. The summed E-state index contributed by atoms with van der Waals surface area (Å²) in [5, 5.41) is 7.48. The topological polar surface area (TPSA) is 91.2 Å². The molecule has 3 rings (SSSR count). The van der Waals surface area contributed by atoms with Crippen LogP contribution in [0, 0.1) is 5.41 Å². The van der Waals surface area contributed by atoms with Gasteiger partial charge in [-0.05, 0) is 44.3 Å². The van der Waals surface area contributed by atoms with Crippen molar-refractivity contribution in [2.45, 2.75) is 20.3 Å². The lowest BCUT2D eigenvalue weighted by Gasteiger charge is -2.19. The van der Waals surface area contributed by atoms with Crippen LogP contribution in [-0.2, 0) is 19.9 Å². The number of nitrogens with one attached hydrogen (secondary N) is 1. The predicted molar refractivity (Wildman–Crippen MR) is 128 cm³/mol. The average molecular weight is 423 g/mol. The molecule has 7 nitrogen and oxygen atoms in total. The Morgan fingerprint density at radius 2 is 1.68 bits per heavy atom. The monoisotopic (exact) mass is 422 g/mol. The quantitative estimate of drug-likeness (QED) is 0.431. The third kappa shape index (κ3) is 5.70. The number of hydrogen-bond donors (Lipinski definition) is 2. The van der Waals surface area contributed by atoms with Gasteiger partial charge in [0.25, 0.3) is 5.91 Å². The minimum atomic E-state index is 0. The molecule has 166 valence electrons. The first-order chi connectivity index (χ1) is 14.3. The number of nitrogens with zero attached hydrogens (tertiary/aromatic N) is 4. The molecule has 0 aliphatic rings. The fraction of sp³-hybridized carbons (Fsp3) is 0.375. The van der Waals surface area contributed by atoms with Gasteiger partial charge in [0.05, 0.1) is 11.0 Å². The van der Waals surface area contributed by atoms with Gasteiger partial charge in [0.1, 0.15) is 11.7 Å². The molecule has 0 unspecified atom stereocenters. The number of carbonyl (C=O) groups is 1. The highest BCUT2D eigenvalue weighted by Gasteiger charge is 2.15. The first-order valence-corrected chi connectivity index (χ1v) is 10.0. The van der Waals surface area contributed by atoms with Crippen molar-refractivity contribution in [2.75, 3.05) is 34.2 Å². The number of amidine groups is 1. The van der Waals surface area contributed by atoms with E-state index in [-0.39, 0.29) is 19.2 Å². The van der Waals surface area contributed by atoms with E-state index in [0.29, 0.717) is 12.1 Å². The number of nitrogens with two attached hydrogens (primary N) is 1.